The average Bonchev–Trinajstić information content (AvgIpc) is 3.10. The predicted octanol–water partition coefficient (Wildman–Crippen LogP) is 7.96. The predicted molar refractivity (Wildman–Crippen MR) is 126 cm³/mol. The van der Waals surface area contributed by atoms with Crippen LogP contribution in [0.2, 0.25) is 0 Å². The Labute approximate surface area is 196 Å². The summed E-state index contributed by atoms with van der Waals surface area (Å²) < 4.78 is 11.7. The van der Waals surface area contributed by atoms with E-state index in [0.29, 0.717) is 0 Å². The van der Waals surface area contributed by atoms with Gasteiger partial charge in [-0.2, -0.15) is 0 Å². The second-order valence-electron chi connectivity index (χ2n) is 9.87. The fourth-order valence-corrected chi connectivity index (χ4v) is 8.15. The third-order valence-electron chi connectivity index (χ3n) is 5.69. The first kappa shape index (κ1) is 23.9. The molecule has 0 amide bonds. The quantitative estimate of drug-likeness (QED) is 0.403. The summed E-state index contributed by atoms with van der Waals surface area (Å²) in [7, 11) is 16.5. The summed E-state index contributed by atoms with van der Waals surface area (Å²) in [5, 5.41) is 0. The average molecular weight is 526 g/mol. The molecule has 2 aromatic carbocycles. The van der Waals surface area contributed by atoms with Crippen LogP contribution in [-0.4, -0.2) is 14.2 Å². The van der Waals surface area contributed by atoms with Crippen molar-refractivity contribution in [3.05, 3.63) is 52.6 Å². The Kier molecular flexibility index (Phi) is 6.89. The molecule has 0 spiro atoms. The Morgan fingerprint density at radius 3 is 1.87 bits per heavy atom. The van der Waals surface area contributed by atoms with Crippen molar-refractivity contribution in [2.24, 2.45) is 0 Å². The first-order valence-electron chi connectivity index (χ1n) is 10.2. The fraction of sp³-hybridized carbons (Fsp3) is 0.440. The first-order chi connectivity index (χ1) is 13.9. The number of fused-ring (bicyclic) bond motifs is 1. The van der Waals surface area contributed by atoms with Gasteiger partial charge in [0.25, 0.3) is 0 Å². The van der Waals surface area contributed by atoms with Crippen LogP contribution in [0.15, 0.2) is 30.3 Å². The number of halogens is 2. The minimum absolute atomic E-state index is 0.0530. The van der Waals surface area contributed by atoms with Crippen LogP contribution in [0.5, 0.6) is 11.5 Å². The van der Waals surface area contributed by atoms with Gasteiger partial charge in [0.1, 0.15) is 0 Å². The Morgan fingerprint density at radius 1 is 0.867 bits per heavy atom. The van der Waals surface area contributed by atoms with Gasteiger partial charge in [-0.25, -0.2) is 0 Å². The summed E-state index contributed by atoms with van der Waals surface area (Å²) in [5.41, 5.74) is 6.99. The third kappa shape index (κ3) is 4.41. The molecule has 3 rings (SSSR count). The van der Waals surface area contributed by atoms with Crippen LogP contribution in [0, 0.1) is 0 Å². The van der Waals surface area contributed by atoms with Crippen molar-refractivity contribution in [2.75, 3.05) is 14.2 Å². The maximum absolute atomic E-state index is 6.49. The molecular weight excluding hydrogens is 494 g/mol. The van der Waals surface area contributed by atoms with E-state index in [1.165, 1.54) is 27.8 Å². The molecule has 0 bridgehead atoms. The van der Waals surface area contributed by atoms with E-state index in [0.717, 1.165) is 17.1 Å². The van der Waals surface area contributed by atoms with Crippen molar-refractivity contribution in [2.45, 2.75) is 56.0 Å². The van der Waals surface area contributed by atoms with Gasteiger partial charge >= 0.3 is 197 Å². The zero-order valence-electron chi connectivity index (χ0n) is 19.1. The molecule has 0 N–H and O–H groups in total. The van der Waals surface area contributed by atoms with Crippen LogP contribution in [0.3, 0.4) is 0 Å². The van der Waals surface area contributed by atoms with E-state index in [-0.39, 0.29) is 14.5 Å². The van der Waals surface area contributed by atoms with E-state index >= 15 is 0 Å². The summed E-state index contributed by atoms with van der Waals surface area (Å²) in [5.74, 6) is 1.85. The van der Waals surface area contributed by atoms with Gasteiger partial charge in [-0.05, 0) is 0 Å². The fourth-order valence-electron chi connectivity index (χ4n) is 4.14. The third-order valence-corrected chi connectivity index (χ3v) is 10.8. The van der Waals surface area contributed by atoms with Gasteiger partial charge in [0.2, 0.25) is 0 Å². The van der Waals surface area contributed by atoms with E-state index in [9.17, 15) is 0 Å². The number of benzene rings is 2. The number of hydrogen-bond acceptors (Lipinski definition) is 2. The van der Waals surface area contributed by atoms with Gasteiger partial charge in [-0.3, -0.25) is 0 Å². The van der Waals surface area contributed by atoms with Gasteiger partial charge in [0.15, 0.2) is 0 Å². The number of ether oxygens (including phenoxy) is 2. The van der Waals surface area contributed by atoms with Crippen LogP contribution in [0.25, 0.3) is 17.2 Å². The van der Waals surface area contributed by atoms with Gasteiger partial charge < -0.3 is 0 Å². The Morgan fingerprint density at radius 2 is 1.43 bits per heavy atom. The second kappa shape index (κ2) is 8.64. The van der Waals surface area contributed by atoms with Crippen LogP contribution in [-0.2, 0) is 30.2 Å². The molecule has 0 aromatic heterocycles. The van der Waals surface area contributed by atoms with Gasteiger partial charge in [0.05, 0.1) is 0 Å². The van der Waals surface area contributed by atoms with E-state index in [4.69, 9.17) is 26.5 Å². The summed E-state index contributed by atoms with van der Waals surface area (Å²) in [6.45, 7) is 13.4. The van der Waals surface area contributed by atoms with Crippen LogP contribution in [0.1, 0.15) is 67.4 Å². The molecule has 0 saturated heterocycles. The minimum atomic E-state index is -2.54. The summed E-state index contributed by atoms with van der Waals surface area (Å²) in [6.07, 6.45) is 4.32. The number of hydrogen-bond donors (Lipinski definition) is 0. The molecule has 0 saturated carbocycles. The van der Waals surface area contributed by atoms with Crippen molar-refractivity contribution in [1.82, 2.24) is 0 Å². The molecule has 2 aromatic rings. The zero-order chi connectivity index (χ0) is 22.4. The summed E-state index contributed by atoms with van der Waals surface area (Å²) >= 11 is -2.54. The molecule has 5 heteroatoms. The molecule has 161 valence electrons. The number of methoxy groups -OCH3 is 2. The monoisotopic (exact) mass is 523 g/mol. The van der Waals surface area contributed by atoms with Gasteiger partial charge in [0, 0.05) is 0 Å². The standard InChI is InChI=1S/C25H31O2.2ClH.Zr/c1-24(2,3)20-14-16(15-21(23(20)27-8)25(4,5)6)17-12-13-22(26-7)19-11-9-10-18(17)19;;;/h9-15H,1-8H3;2*1H;/q;;;+2/p-2. The van der Waals surface area contributed by atoms with E-state index in [1.807, 2.05) is 6.07 Å². The molecule has 1 aliphatic carbocycles. The molecule has 1 atom stereocenters. The van der Waals surface area contributed by atoms with Crippen molar-refractivity contribution in [1.29, 1.82) is 0 Å². The molecule has 0 fully saturated rings. The van der Waals surface area contributed by atoms with Gasteiger partial charge in [-0.15, -0.1) is 0 Å². The first-order valence-corrected chi connectivity index (χ1v) is 18.0. The van der Waals surface area contributed by atoms with Crippen LogP contribution in [0.4, 0.5) is 0 Å². The Bertz CT molecular complexity index is 947. The number of rotatable bonds is 4. The Hall–Kier alpha value is -0.757. The second-order valence-corrected chi connectivity index (χ2v) is 18.8. The van der Waals surface area contributed by atoms with E-state index in [2.05, 4.69) is 71.9 Å². The molecule has 2 nitrogen and oxygen atoms in total. The molecule has 0 aliphatic heterocycles. The molecule has 30 heavy (non-hydrogen) atoms. The van der Waals surface area contributed by atoms with Crippen molar-refractivity contribution >= 4 is 23.1 Å². The summed E-state index contributed by atoms with van der Waals surface area (Å²) in [4.78, 5) is 0. The molecular formula is C25H31Cl2O2Zr. The normalized spacial score (nSPS) is 15.9. The number of allylic oxidation sites excluding steroid dienone is 1. The molecule has 1 aliphatic rings. The molecule has 0 radical (unpaired) electrons. The topological polar surface area (TPSA) is 18.5 Å². The Balaban J connectivity index is 2.34. The summed E-state index contributed by atoms with van der Waals surface area (Å²) in [6, 6.07) is 8.75. The SMILES string of the molecule is COc1ccc(-c2cc(C(C)(C)C)c(OC)c(C(C)(C)C)c2)c2c1[CH]([Zr]([Cl])[Cl])C=C2. The van der Waals surface area contributed by atoms with Gasteiger partial charge in [-0.1, -0.05) is 0 Å². The van der Waals surface area contributed by atoms with Crippen molar-refractivity contribution in [3.8, 4) is 22.6 Å². The van der Waals surface area contributed by atoms with Crippen molar-refractivity contribution in [3.63, 3.8) is 0 Å². The van der Waals surface area contributed by atoms with Crippen LogP contribution < -0.4 is 9.47 Å². The zero-order valence-corrected chi connectivity index (χ0v) is 23.1. The molecule has 1 unspecified atom stereocenters. The molecule has 0 heterocycles. The van der Waals surface area contributed by atoms with E-state index < -0.39 is 19.4 Å². The maximum atomic E-state index is 6.49. The van der Waals surface area contributed by atoms with E-state index in [1.54, 1.807) is 14.2 Å². The van der Waals surface area contributed by atoms with Crippen LogP contribution >= 0.6 is 17.0 Å². The van der Waals surface area contributed by atoms with Crippen molar-refractivity contribution < 1.29 is 28.8 Å².